The third-order valence-electron chi connectivity index (χ3n) is 1.75. The average molecular weight is 300 g/mol. The van der Waals surface area contributed by atoms with Gasteiger partial charge in [0, 0.05) is 11.4 Å². The summed E-state index contributed by atoms with van der Waals surface area (Å²) in [5.41, 5.74) is 3.23. The lowest BCUT2D eigenvalue weighted by molar-refractivity contribution is 0.999. The number of benzene rings is 1. The maximum Gasteiger partial charge on any atom is 0.126 e. The van der Waals surface area contributed by atoms with Gasteiger partial charge in [-0.3, -0.25) is 5.43 Å². The number of hydrazone groups is 1. The zero-order valence-corrected chi connectivity index (χ0v) is 11.6. The van der Waals surface area contributed by atoms with Gasteiger partial charge in [-0.2, -0.15) is 5.10 Å². The Kier molecular flexibility index (Phi) is 5.70. The topological polar surface area (TPSA) is 24.4 Å². The van der Waals surface area contributed by atoms with Crippen LogP contribution in [0.15, 0.2) is 17.2 Å². The van der Waals surface area contributed by atoms with E-state index in [1.54, 1.807) is 12.1 Å². The SMILES string of the molecule is CCC/C(Cl)=N/Nc1c(Cl)cc(Cl)cc1Cl. The lowest BCUT2D eigenvalue weighted by Gasteiger charge is -2.07. The van der Waals surface area contributed by atoms with Crippen molar-refractivity contribution in [3.63, 3.8) is 0 Å². The van der Waals surface area contributed by atoms with Crippen LogP contribution >= 0.6 is 46.4 Å². The lowest BCUT2D eigenvalue weighted by Crippen LogP contribution is -1.96. The smallest absolute Gasteiger partial charge is 0.126 e. The molecule has 1 N–H and O–H groups in total. The molecule has 0 spiro atoms. The van der Waals surface area contributed by atoms with E-state index in [2.05, 4.69) is 10.5 Å². The van der Waals surface area contributed by atoms with Crippen molar-refractivity contribution in [3.8, 4) is 0 Å². The summed E-state index contributed by atoms with van der Waals surface area (Å²) in [5, 5.41) is 5.72. The van der Waals surface area contributed by atoms with Crippen LogP contribution in [0.5, 0.6) is 0 Å². The van der Waals surface area contributed by atoms with Crippen LogP contribution in [-0.4, -0.2) is 5.17 Å². The number of anilines is 1. The first kappa shape index (κ1) is 13.9. The lowest BCUT2D eigenvalue weighted by atomic mass is 10.3. The fourth-order valence-electron chi connectivity index (χ4n) is 1.03. The molecule has 1 aromatic carbocycles. The molecule has 0 saturated carbocycles. The van der Waals surface area contributed by atoms with Crippen LogP contribution in [-0.2, 0) is 0 Å². The van der Waals surface area contributed by atoms with Crippen molar-refractivity contribution in [2.75, 3.05) is 5.43 Å². The maximum absolute atomic E-state index is 5.95. The molecule has 0 saturated heterocycles. The van der Waals surface area contributed by atoms with Crippen LogP contribution in [0.4, 0.5) is 5.69 Å². The van der Waals surface area contributed by atoms with Gasteiger partial charge in [-0.1, -0.05) is 53.3 Å². The molecule has 0 bridgehead atoms. The summed E-state index contributed by atoms with van der Waals surface area (Å²) < 4.78 is 0. The zero-order chi connectivity index (χ0) is 12.1. The highest BCUT2D eigenvalue weighted by atomic mass is 35.5. The number of hydrogen-bond donors (Lipinski definition) is 1. The third-order valence-corrected chi connectivity index (χ3v) is 2.84. The van der Waals surface area contributed by atoms with Gasteiger partial charge in [-0.25, -0.2) is 0 Å². The maximum atomic E-state index is 5.95. The highest BCUT2D eigenvalue weighted by molar-refractivity contribution is 6.65. The predicted octanol–water partition coefficient (Wildman–Crippen LogP) is 5.41. The fourth-order valence-corrected chi connectivity index (χ4v) is 2.16. The minimum absolute atomic E-state index is 0.405. The van der Waals surface area contributed by atoms with E-state index in [9.17, 15) is 0 Å². The molecule has 1 aromatic rings. The standard InChI is InChI=1S/C10H10Cl4N2/c1-2-3-9(14)15-16-10-7(12)4-6(11)5-8(10)13/h4-5,16H,2-3H2,1H3/b15-9-. The normalized spacial score (nSPS) is 11.7. The second-order valence-corrected chi connectivity index (χ2v) is 4.78. The quantitative estimate of drug-likeness (QED) is 0.583. The molecular formula is C10H10Cl4N2. The molecular weight excluding hydrogens is 290 g/mol. The molecule has 88 valence electrons. The Morgan fingerprint density at radius 2 is 1.81 bits per heavy atom. The Labute approximate surface area is 115 Å². The summed E-state index contributed by atoms with van der Waals surface area (Å²) in [7, 11) is 0. The largest absolute Gasteiger partial charge is 0.274 e. The van der Waals surface area contributed by atoms with Crippen LogP contribution in [0.25, 0.3) is 0 Å². The van der Waals surface area contributed by atoms with E-state index in [4.69, 9.17) is 46.4 Å². The van der Waals surface area contributed by atoms with E-state index >= 15 is 0 Å². The Balaban J connectivity index is 2.85. The van der Waals surface area contributed by atoms with Crippen LogP contribution in [0.1, 0.15) is 19.8 Å². The van der Waals surface area contributed by atoms with Gasteiger partial charge in [0.1, 0.15) is 5.17 Å². The summed E-state index contributed by atoms with van der Waals surface area (Å²) in [4.78, 5) is 0. The number of rotatable bonds is 4. The molecule has 0 heterocycles. The van der Waals surface area contributed by atoms with Crippen molar-refractivity contribution in [2.45, 2.75) is 19.8 Å². The van der Waals surface area contributed by atoms with Crippen LogP contribution in [0.3, 0.4) is 0 Å². The van der Waals surface area contributed by atoms with Crippen LogP contribution < -0.4 is 5.43 Å². The van der Waals surface area contributed by atoms with Crippen molar-refractivity contribution in [3.05, 3.63) is 27.2 Å². The molecule has 0 unspecified atom stereocenters. The fraction of sp³-hybridized carbons (Fsp3) is 0.300. The second kappa shape index (κ2) is 6.55. The first-order valence-electron chi connectivity index (χ1n) is 4.67. The van der Waals surface area contributed by atoms with Gasteiger partial charge in [0.25, 0.3) is 0 Å². The number of nitrogens with one attached hydrogen (secondary N) is 1. The third kappa shape index (κ3) is 4.02. The molecule has 16 heavy (non-hydrogen) atoms. The van der Waals surface area contributed by atoms with Gasteiger partial charge in [0.2, 0.25) is 0 Å². The Hall–Kier alpha value is -0.150. The van der Waals surface area contributed by atoms with E-state index < -0.39 is 0 Å². The molecule has 1 rings (SSSR count). The van der Waals surface area contributed by atoms with E-state index in [1.165, 1.54) is 0 Å². The molecule has 0 fully saturated rings. The van der Waals surface area contributed by atoms with E-state index in [1.807, 2.05) is 6.92 Å². The van der Waals surface area contributed by atoms with Gasteiger partial charge < -0.3 is 0 Å². The molecule has 0 radical (unpaired) electrons. The number of nitrogens with zero attached hydrogens (tertiary/aromatic N) is 1. The minimum atomic E-state index is 0.405. The summed E-state index contributed by atoms with van der Waals surface area (Å²) in [6, 6.07) is 3.17. The van der Waals surface area contributed by atoms with E-state index in [-0.39, 0.29) is 0 Å². The summed E-state index contributed by atoms with van der Waals surface area (Å²) in [5.74, 6) is 0. The van der Waals surface area contributed by atoms with Crippen LogP contribution in [0, 0.1) is 0 Å². The Morgan fingerprint density at radius 3 is 2.31 bits per heavy atom. The van der Waals surface area contributed by atoms with Gasteiger partial charge >= 0.3 is 0 Å². The van der Waals surface area contributed by atoms with Crippen molar-refractivity contribution < 1.29 is 0 Å². The first-order valence-corrected chi connectivity index (χ1v) is 6.18. The highest BCUT2D eigenvalue weighted by Gasteiger charge is 2.07. The molecule has 0 atom stereocenters. The number of hydrogen-bond acceptors (Lipinski definition) is 2. The van der Waals surface area contributed by atoms with E-state index in [0.717, 1.165) is 6.42 Å². The summed E-state index contributed by atoms with van der Waals surface area (Å²) in [6.07, 6.45) is 1.63. The molecule has 0 amide bonds. The average Bonchev–Trinajstić information content (AvgIpc) is 2.16. The zero-order valence-electron chi connectivity index (χ0n) is 8.53. The van der Waals surface area contributed by atoms with Crippen molar-refractivity contribution in [2.24, 2.45) is 5.10 Å². The highest BCUT2D eigenvalue weighted by Crippen LogP contribution is 2.33. The number of halogens is 4. The Morgan fingerprint density at radius 1 is 1.25 bits per heavy atom. The van der Waals surface area contributed by atoms with Crippen molar-refractivity contribution >= 4 is 57.3 Å². The molecule has 0 aromatic heterocycles. The van der Waals surface area contributed by atoms with Crippen molar-refractivity contribution in [1.29, 1.82) is 0 Å². The van der Waals surface area contributed by atoms with Gasteiger partial charge in [-0.05, 0) is 18.6 Å². The van der Waals surface area contributed by atoms with Gasteiger partial charge in [0.15, 0.2) is 0 Å². The Bertz CT molecular complexity index is 381. The predicted molar refractivity (Wildman–Crippen MR) is 73.3 cm³/mol. The molecule has 0 aliphatic heterocycles. The van der Waals surface area contributed by atoms with Crippen LogP contribution in [0.2, 0.25) is 15.1 Å². The van der Waals surface area contributed by atoms with Gasteiger partial charge in [-0.15, -0.1) is 0 Å². The molecule has 6 heteroatoms. The molecule has 0 aliphatic carbocycles. The monoisotopic (exact) mass is 298 g/mol. The molecule has 0 aliphatic rings. The summed E-state index contributed by atoms with van der Waals surface area (Å²) >= 11 is 23.5. The first-order chi connectivity index (χ1) is 7.54. The van der Waals surface area contributed by atoms with Crippen molar-refractivity contribution in [1.82, 2.24) is 0 Å². The minimum Gasteiger partial charge on any atom is -0.274 e. The van der Waals surface area contributed by atoms with E-state index in [0.29, 0.717) is 32.3 Å². The van der Waals surface area contributed by atoms with Gasteiger partial charge in [0.05, 0.1) is 15.7 Å². The second-order valence-electron chi connectivity index (χ2n) is 3.09. The summed E-state index contributed by atoms with van der Waals surface area (Å²) in [6.45, 7) is 2.01. The molecule has 2 nitrogen and oxygen atoms in total.